The van der Waals surface area contributed by atoms with Crippen molar-refractivity contribution in [2.75, 3.05) is 31.4 Å². The van der Waals surface area contributed by atoms with E-state index in [0.29, 0.717) is 0 Å². The lowest BCUT2D eigenvalue weighted by molar-refractivity contribution is 0.868. The number of benzene rings is 1. The molecule has 0 aliphatic heterocycles. The van der Waals surface area contributed by atoms with Crippen LogP contribution in [0.5, 0.6) is 0 Å². The number of hydrogen-bond donors (Lipinski definition) is 1. The molecule has 1 N–H and O–H groups in total. The molecule has 0 atom stereocenters. The molecule has 0 aliphatic rings. The first-order chi connectivity index (χ1) is 10.1. The molecule has 2 aromatic rings. The van der Waals surface area contributed by atoms with Crippen molar-refractivity contribution in [2.45, 2.75) is 19.8 Å². The third-order valence-electron chi connectivity index (χ3n) is 3.29. The fourth-order valence-electron chi connectivity index (χ4n) is 2.10. The van der Waals surface area contributed by atoms with Gasteiger partial charge < -0.3 is 10.2 Å². The maximum Gasteiger partial charge on any atom is 0.161 e. The van der Waals surface area contributed by atoms with E-state index in [2.05, 4.69) is 69.0 Å². The lowest BCUT2D eigenvalue weighted by atomic mass is 10.1. The zero-order chi connectivity index (χ0) is 15.4. The van der Waals surface area contributed by atoms with E-state index in [1.54, 1.807) is 0 Å². The van der Waals surface area contributed by atoms with Gasteiger partial charge in [-0.2, -0.15) is 0 Å². The molecule has 0 fully saturated rings. The molecule has 0 bridgehead atoms. The maximum absolute atomic E-state index is 4.74. The maximum atomic E-state index is 4.74. The molecule has 4 nitrogen and oxygen atoms in total. The molecule has 0 saturated heterocycles. The van der Waals surface area contributed by atoms with E-state index < -0.39 is 0 Å². The predicted molar refractivity (Wildman–Crippen MR) is 98.1 cm³/mol. The van der Waals surface area contributed by atoms with Crippen LogP contribution in [0.1, 0.15) is 19.0 Å². The van der Waals surface area contributed by atoms with E-state index >= 15 is 0 Å². The van der Waals surface area contributed by atoms with E-state index in [9.17, 15) is 0 Å². The number of anilines is 2. The number of hydrogen-bond acceptors (Lipinski definition) is 4. The van der Waals surface area contributed by atoms with Crippen LogP contribution in [0.4, 0.5) is 11.5 Å². The number of nitrogens with zero attached hydrogens (tertiary/aromatic N) is 3. The highest BCUT2D eigenvalue weighted by Gasteiger charge is 2.12. The number of halogens is 1. The van der Waals surface area contributed by atoms with Crippen LogP contribution in [0.2, 0.25) is 0 Å². The third kappa shape index (κ3) is 3.64. The lowest BCUT2D eigenvalue weighted by Crippen LogP contribution is -2.08. The molecule has 21 heavy (non-hydrogen) atoms. The first-order valence-corrected chi connectivity index (χ1v) is 8.16. The fourth-order valence-corrected chi connectivity index (χ4v) is 2.88. The van der Waals surface area contributed by atoms with Gasteiger partial charge in [-0.1, -0.05) is 13.3 Å². The summed E-state index contributed by atoms with van der Waals surface area (Å²) in [7, 11) is 5.98. The highest BCUT2D eigenvalue weighted by Crippen LogP contribution is 2.25. The van der Waals surface area contributed by atoms with E-state index in [1.807, 2.05) is 21.1 Å². The summed E-state index contributed by atoms with van der Waals surface area (Å²) in [6.45, 7) is 2.17. The summed E-state index contributed by atoms with van der Waals surface area (Å²) in [5.74, 6) is 1.69. The van der Waals surface area contributed by atoms with Gasteiger partial charge in [-0.25, -0.2) is 9.97 Å². The van der Waals surface area contributed by atoms with E-state index in [4.69, 9.17) is 4.98 Å². The minimum atomic E-state index is 0.786. The molecule has 0 aliphatic carbocycles. The molecule has 0 radical (unpaired) electrons. The van der Waals surface area contributed by atoms with Crippen LogP contribution in [0.3, 0.4) is 0 Å². The zero-order valence-electron chi connectivity index (χ0n) is 12.9. The van der Waals surface area contributed by atoms with E-state index in [-0.39, 0.29) is 0 Å². The SMILES string of the molecule is CCCc1nc(-c2ccc(N(C)C)cc2)nc(NC)c1I. The molecule has 1 aromatic heterocycles. The lowest BCUT2D eigenvalue weighted by Gasteiger charge is -2.14. The van der Waals surface area contributed by atoms with Gasteiger partial charge >= 0.3 is 0 Å². The second-order valence-electron chi connectivity index (χ2n) is 5.10. The summed E-state index contributed by atoms with van der Waals surface area (Å²) in [6, 6.07) is 8.34. The van der Waals surface area contributed by atoms with Gasteiger partial charge in [0.05, 0.1) is 9.26 Å². The molecule has 1 heterocycles. The first-order valence-electron chi connectivity index (χ1n) is 7.08. The Bertz CT molecular complexity index is 608. The van der Waals surface area contributed by atoms with Crippen LogP contribution in [-0.4, -0.2) is 31.1 Å². The summed E-state index contributed by atoms with van der Waals surface area (Å²) in [5.41, 5.74) is 3.34. The highest BCUT2D eigenvalue weighted by molar-refractivity contribution is 14.1. The van der Waals surface area contributed by atoms with Crippen molar-refractivity contribution in [2.24, 2.45) is 0 Å². The van der Waals surface area contributed by atoms with Crippen LogP contribution >= 0.6 is 22.6 Å². The molecule has 0 unspecified atom stereocenters. The van der Waals surface area contributed by atoms with Crippen LogP contribution in [-0.2, 0) is 6.42 Å². The molecule has 112 valence electrons. The average molecular weight is 396 g/mol. The Morgan fingerprint density at radius 1 is 1.14 bits per heavy atom. The second-order valence-corrected chi connectivity index (χ2v) is 6.18. The van der Waals surface area contributed by atoms with Crippen molar-refractivity contribution in [3.8, 4) is 11.4 Å². The third-order valence-corrected chi connectivity index (χ3v) is 4.42. The summed E-state index contributed by atoms with van der Waals surface area (Å²) in [6.07, 6.45) is 2.05. The highest BCUT2D eigenvalue weighted by atomic mass is 127. The van der Waals surface area contributed by atoms with Crippen LogP contribution in [0, 0.1) is 3.57 Å². The number of aryl methyl sites for hydroxylation is 1. The van der Waals surface area contributed by atoms with Crippen LogP contribution < -0.4 is 10.2 Å². The van der Waals surface area contributed by atoms with Gasteiger partial charge in [0.25, 0.3) is 0 Å². The van der Waals surface area contributed by atoms with Gasteiger partial charge in [-0.15, -0.1) is 0 Å². The largest absolute Gasteiger partial charge is 0.378 e. The molecule has 1 aromatic carbocycles. The van der Waals surface area contributed by atoms with Gasteiger partial charge in [-0.3, -0.25) is 0 Å². The topological polar surface area (TPSA) is 41.1 Å². The summed E-state index contributed by atoms with van der Waals surface area (Å²) < 4.78 is 1.12. The van der Waals surface area contributed by atoms with Gasteiger partial charge in [0.1, 0.15) is 5.82 Å². The number of nitrogens with one attached hydrogen (secondary N) is 1. The van der Waals surface area contributed by atoms with E-state index in [0.717, 1.165) is 39.3 Å². The number of aromatic nitrogens is 2. The zero-order valence-corrected chi connectivity index (χ0v) is 15.1. The molecule has 0 amide bonds. The van der Waals surface area contributed by atoms with Gasteiger partial charge in [0.15, 0.2) is 5.82 Å². The summed E-state index contributed by atoms with van der Waals surface area (Å²) in [4.78, 5) is 11.5. The van der Waals surface area contributed by atoms with Crippen molar-refractivity contribution in [3.05, 3.63) is 33.5 Å². The fraction of sp³-hybridized carbons (Fsp3) is 0.375. The molecular weight excluding hydrogens is 375 g/mol. The first kappa shape index (κ1) is 16.0. The standard InChI is InChI=1S/C16H21IN4/c1-5-6-13-14(17)16(18-2)20-15(19-13)11-7-9-12(10-8-11)21(3)4/h7-10H,5-6H2,1-4H3,(H,18,19,20). The Labute approximate surface area is 140 Å². The van der Waals surface area contributed by atoms with Crippen molar-refractivity contribution in [1.82, 2.24) is 9.97 Å². The Kier molecular flexibility index (Phi) is 5.39. The Morgan fingerprint density at radius 2 is 1.81 bits per heavy atom. The monoisotopic (exact) mass is 396 g/mol. The average Bonchev–Trinajstić information content (AvgIpc) is 2.49. The summed E-state index contributed by atoms with van der Waals surface area (Å²) >= 11 is 2.32. The molecule has 5 heteroatoms. The minimum Gasteiger partial charge on any atom is -0.378 e. The Balaban J connectivity index is 2.45. The van der Waals surface area contributed by atoms with Crippen molar-refractivity contribution in [1.29, 1.82) is 0 Å². The van der Waals surface area contributed by atoms with Crippen LogP contribution in [0.25, 0.3) is 11.4 Å². The van der Waals surface area contributed by atoms with Crippen molar-refractivity contribution >= 4 is 34.1 Å². The second kappa shape index (κ2) is 7.06. The van der Waals surface area contributed by atoms with Crippen LogP contribution in [0.15, 0.2) is 24.3 Å². The molecule has 0 saturated carbocycles. The molecular formula is C16H21IN4. The van der Waals surface area contributed by atoms with E-state index in [1.165, 1.54) is 5.69 Å². The van der Waals surface area contributed by atoms with Crippen molar-refractivity contribution in [3.63, 3.8) is 0 Å². The van der Waals surface area contributed by atoms with Gasteiger partial charge in [0.2, 0.25) is 0 Å². The van der Waals surface area contributed by atoms with Gasteiger partial charge in [0, 0.05) is 32.4 Å². The molecule has 0 spiro atoms. The minimum absolute atomic E-state index is 0.786. The smallest absolute Gasteiger partial charge is 0.161 e. The normalized spacial score (nSPS) is 10.5. The van der Waals surface area contributed by atoms with Crippen molar-refractivity contribution < 1.29 is 0 Å². The molecule has 2 rings (SSSR count). The number of rotatable bonds is 5. The summed E-state index contributed by atoms with van der Waals surface area (Å²) in [5, 5.41) is 3.17. The Hall–Kier alpha value is -1.37. The Morgan fingerprint density at radius 3 is 2.33 bits per heavy atom. The van der Waals surface area contributed by atoms with Gasteiger partial charge in [-0.05, 0) is 53.3 Å². The quantitative estimate of drug-likeness (QED) is 0.781. The predicted octanol–water partition coefficient (Wildman–Crippen LogP) is 3.81.